The number of phenolic OH excluding ortho intramolecular Hbond substituents is 1. The van der Waals surface area contributed by atoms with Gasteiger partial charge >= 0.3 is 10.4 Å². The van der Waals surface area contributed by atoms with E-state index in [0.29, 0.717) is 15.9 Å². The second kappa shape index (κ2) is 20.7. The average molecular weight is 937 g/mol. The van der Waals surface area contributed by atoms with Crippen LogP contribution in [0.2, 0.25) is 0 Å². The molecule has 0 spiro atoms. The summed E-state index contributed by atoms with van der Waals surface area (Å²) in [5.41, 5.74) is 10.6. The lowest BCUT2D eigenvalue weighted by Crippen LogP contribution is -2.64. The number of hydrogen-bond acceptors (Lipinski definition) is 20. The molecule has 3 aliphatic rings. The molecule has 3 saturated heterocycles. The van der Waals surface area contributed by atoms with Crippen molar-refractivity contribution in [3.05, 3.63) is 23.8 Å². The van der Waals surface area contributed by atoms with Gasteiger partial charge in [0.05, 0.1) is 36.9 Å². The molecule has 0 bridgehead atoms. The van der Waals surface area contributed by atoms with E-state index in [-0.39, 0.29) is 0 Å². The first-order chi connectivity index (χ1) is 29.6. The van der Waals surface area contributed by atoms with Gasteiger partial charge in [-0.3, -0.25) is 38.1 Å². The van der Waals surface area contributed by atoms with Crippen molar-refractivity contribution in [2.45, 2.75) is 118 Å². The molecule has 0 saturated carbocycles. The summed E-state index contributed by atoms with van der Waals surface area (Å²) in [7, 11) is -5.30. The first-order valence-corrected chi connectivity index (χ1v) is 20.8. The van der Waals surface area contributed by atoms with Crippen LogP contribution in [-0.4, -0.2) is 202 Å². The number of nitrogens with zero attached hydrogens (tertiary/aromatic N) is 2. The molecule has 15 unspecified atom stereocenters. The number of hydrogen-bond donors (Lipinski definition) is 16. The van der Waals surface area contributed by atoms with E-state index in [1.807, 2.05) is 10.6 Å². The molecule has 28 nitrogen and oxygen atoms in total. The van der Waals surface area contributed by atoms with E-state index in [1.165, 1.54) is 6.92 Å². The van der Waals surface area contributed by atoms with E-state index < -0.39 is 192 Å². The molecule has 15 atom stereocenters. The molecule has 0 aromatic heterocycles. The summed E-state index contributed by atoms with van der Waals surface area (Å²) in [4.78, 5) is 96.6. The normalized spacial score (nSPS) is 32.4. The third kappa shape index (κ3) is 12.1. The molecule has 0 radical (unpaired) electrons. The van der Waals surface area contributed by atoms with Gasteiger partial charge < -0.3 is 92.7 Å². The number of fused-ring (bicyclic) bond motifs is 2. The Labute approximate surface area is 363 Å². The summed E-state index contributed by atoms with van der Waals surface area (Å²) in [5.74, 6) is -12.4. The monoisotopic (exact) mass is 936 g/mol. The van der Waals surface area contributed by atoms with Crippen LogP contribution in [0.5, 0.6) is 11.5 Å². The van der Waals surface area contributed by atoms with Gasteiger partial charge in [-0.25, -0.2) is 0 Å². The SMILES string of the molecule is CC(O)C1NC(=O)C(N)CC(O)C(O)NC(=O)C2C(O)C(C)CN2C(=O)C(C(O)CC(N)=O)NC(=O)C(C(O)C(O)c2ccc(O)c(OS(=O)(=O)O)c2)NC(=O)C2CC(O)CN2C1=O. The van der Waals surface area contributed by atoms with Gasteiger partial charge in [0.2, 0.25) is 41.4 Å². The van der Waals surface area contributed by atoms with Crippen LogP contribution < -0.4 is 36.9 Å². The number of nitrogens with two attached hydrogens (primary N) is 2. The van der Waals surface area contributed by atoms with Crippen molar-refractivity contribution in [1.82, 2.24) is 31.1 Å². The van der Waals surface area contributed by atoms with Crippen LogP contribution in [0.25, 0.3) is 0 Å². The molecule has 3 aliphatic heterocycles. The van der Waals surface area contributed by atoms with Crippen molar-refractivity contribution >= 4 is 51.7 Å². The average Bonchev–Trinajstić information content (AvgIpc) is 3.74. The number of carbonyl (C=O) groups excluding carboxylic acids is 7. The van der Waals surface area contributed by atoms with Crippen LogP contribution in [-0.2, 0) is 44.0 Å². The number of phenols is 1. The first kappa shape index (κ1) is 51.3. The van der Waals surface area contributed by atoms with Crippen LogP contribution in [0.3, 0.4) is 0 Å². The van der Waals surface area contributed by atoms with Gasteiger partial charge in [-0.2, -0.15) is 8.42 Å². The number of rotatable bonds is 9. The standard InChI is InChI=1S/C35H52N8O20S/c1-11-9-43-25(26(11)50)33(57)41-31(55)19(48)7-15(36)29(53)38-22(12(2)44)34(58)42-10-14(45)6-16(42)30(54)40-24(32(56)39-23(35(43)59)18(47)8-21(37)49)28(52)27(51)13-3-4-17(46)20(5-13)63-64(60,61)62/h3-5,11-12,14-16,18-19,22-28,31,44-48,50-52,55H,6-10,36H2,1-2H3,(H2,37,49)(H,38,53)(H,39,56)(H,40,54)(H,41,57)(H,60,61,62). The fourth-order valence-corrected chi connectivity index (χ4v) is 7.77. The summed E-state index contributed by atoms with van der Waals surface area (Å²) >= 11 is 0. The fraction of sp³-hybridized carbons (Fsp3) is 0.629. The van der Waals surface area contributed by atoms with Crippen LogP contribution in [0.15, 0.2) is 18.2 Å². The van der Waals surface area contributed by atoms with E-state index in [1.54, 1.807) is 0 Å². The Morgan fingerprint density at radius 1 is 0.844 bits per heavy atom. The van der Waals surface area contributed by atoms with Gasteiger partial charge in [-0.05, 0) is 24.6 Å². The lowest BCUT2D eigenvalue weighted by molar-refractivity contribution is -0.149. The molecule has 3 fully saturated rings. The summed E-state index contributed by atoms with van der Waals surface area (Å²) in [6.45, 7) is 1.26. The molecule has 358 valence electrons. The van der Waals surface area contributed by atoms with Gasteiger partial charge in [0, 0.05) is 31.8 Å². The molecule has 0 aliphatic carbocycles. The third-order valence-corrected chi connectivity index (χ3v) is 11.2. The Hall–Kier alpha value is -5.34. The maximum Gasteiger partial charge on any atom is 0.446 e. The van der Waals surface area contributed by atoms with E-state index in [0.717, 1.165) is 19.1 Å². The van der Waals surface area contributed by atoms with Gasteiger partial charge in [0.15, 0.2) is 17.7 Å². The maximum atomic E-state index is 14.3. The van der Waals surface area contributed by atoms with Crippen molar-refractivity contribution < 1.29 is 96.7 Å². The largest absolute Gasteiger partial charge is 0.504 e. The number of primary amides is 1. The van der Waals surface area contributed by atoms with Gasteiger partial charge in [-0.15, -0.1) is 0 Å². The molecule has 29 heteroatoms. The molecule has 4 rings (SSSR count). The molecule has 18 N–H and O–H groups in total. The third-order valence-electron chi connectivity index (χ3n) is 10.8. The molecular weight excluding hydrogens is 884 g/mol. The lowest BCUT2D eigenvalue weighted by Gasteiger charge is -2.34. The Kier molecular flexibility index (Phi) is 16.6. The van der Waals surface area contributed by atoms with Crippen LogP contribution in [0.4, 0.5) is 0 Å². The minimum Gasteiger partial charge on any atom is -0.504 e. The molecule has 3 heterocycles. The number of benzene rings is 1. The highest BCUT2D eigenvalue weighted by Crippen LogP contribution is 2.32. The van der Waals surface area contributed by atoms with Gasteiger partial charge in [0.1, 0.15) is 48.5 Å². The van der Waals surface area contributed by atoms with Crippen LogP contribution >= 0.6 is 0 Å². The maximum absolute atomic E-state index is 14.3. The molecular formula is C35H52N8O20S. The van der Waals surface area contributed by atoms with Crippen molar-refractivity contribution in [3.63, 3.8) is 0 Å². The van der Waals surface area contributed by atoms with E-state index in [2.05, 4.69) is 14.8 Å². The summed E-state index contributed by atoms with van der Waals surface area (Å²) in [6, 6.07) is -10.2. The van der Waals surface area contributed by atoms with Crippen molar-refractivity contribution in [1.29, 1.82) is 0 Å². The Morgan fingerprint density at radius 2 is 1.44 bits per heavy atom. The zero-order valence-corrected chi connectivity index (χ0v) is 34.8. The molecule has 64 heavy (non-hydrogen) atoms. The Morgan fingerprint density at radius 3 is 2.03 bits per heavy atom. The van der Waals surface area contributed by atoms with Crippen molar-refractivity contribution in [2.24, 2.45) is 17.4 Å². The predicted octanol–water partition coefficient (Wildman–Crippen LogP) is -9.26. The highest BCUT2D eigenvalue weighted by Gasteiger charge is 2.50. The highest BCUT2D eigenvalue weighted by molar-refractivity contribution is 7.81. The van der Waals surface area contributed by atoms with Crippen LogP contribution in [0.1, 0.15) is 44.8 Å². The Balaban J connectivity index is 1.88. The number of nitrogens with one attached hydrogen (secondary N) is 4. The number of carbonyl (C=O) groups is 7. The van der Waals surface area contributed by atoms with E-state index >= 15 is 0 Å². The summed E-state index contributed by atoms with van der Waals surface area (Å²) in [5, 5.41) is 106. The minimum atomic E-state index is -5.30. The number of aromatic hydroxyl groups is 1. The number of aliphatic hydroxyl groups excluding tert-OH is 8. The van der Waals surface area contributed by atoms with E-state index in [9.17, 15) is 87.9 Å². The quantitative estimate of drug-likeness (QED) is 0.102. The van der Waals surface area contributed by atoms with Crippen LogP contribution in [0, 0.1) is 5.92 Å². The Bertz CT molecular complexity index is 2060. The summed E-state index contributed by atoms with van der Waals surface area (Å²) in [6.07, 6.45) is -19.1. The van der Waals surface area contributed by atoms with Gasteiger partial charge in [0.25, 0.3) is 0 Å². The zero-order valence-electron chi connectivity index (χ0n) is 33.9. The zero-order chi connectivity index (χ0) is 48.3. The number of amides is 7. The fourth-order valence-electron chi connectivity index (χ4n) is 7.41. The highest BCUT2D eigenvalue weighted by atomic mass is 32.3. The van der Waals surface area contributed by atoms with Crippen molar-refractivity contribution in [2.75, 3.05) is 13.1 Å². The topological polar surface area (TPSA) is 472 Å². The number of aliphatic hydroxyl groups is 8. The lowest BCUT2D eigenvalue weighted by atomic mass is 9.96. The smallest absolute Gasteiger partial charge is 0.446 e. The molecule has 1 aromatic rings. The van der Waals surface area contributed by atoms with Crippen molar-refractivity contribution in [3.8, 4) is 11.5 Å². The second-order valence-corrected chi connectivity index (χ2v) is 16.8. The minimum absolute atomic E-state index is 0.508. The molecule has 1 aromatic carbocycles. The van der Waals surface area contributed by atoms with Gasteiger partial charge in [-0.1, -0.05) is 13.0 Å². The first-order valence-electron chi connectivity index (χ1n) is 19.4. The second-order valence-electron chi connectivity index (χ2n) is 15.8. The molecule has 7 amide bonds. The predicted molar refractivity (Wildman–Crippen MR) is 208 cm³/mol. The summed E-state index contributed by atoms with van der Waals surface area (Å²) < 4.78 is 36.2. The van der Waals surface area contributed by atoms with E-state index in [4.69, 9.17) is 16.0 Å².